The van der Waals surface area contributed by atoms with Crippen LogP contribution in [-0.2, 0) is 16.0 Å². The molecule has 0 N–H and O–H groups in total. The monoisotopic (exact) mass is 328 g/mol. The van der Waals surface area contributed by atoms with E-state index in [-0.39, 0.29) is 5.41 Å². The molecule has 0 saturated carbocycles. The summed E-state index contributed by atoms with van der Waals surface area (Å²) in [5, 5.41) is 0. The SMILES string of the molecule is O=C1N(CCc2ccccc2)CCC12CCN(C1CCOCC1)C2. The molecular weight excluding hydrogens is 300 g/mol. The molecule has 0 aromatic heterocycles. The number of hydrogen-bond donors (Lipinski definition) is 0. The number of carbonyl (C=O) groups is 1. The van der Waals surface area contributed by atoms with Gasteiger partial charge in [-0.25, -0.2) is 0 Å². The van der Waals surface area contributed by atoms with Crippen molar-refractivity contribution in [1.29, 1.82) is 0 Å². The molecule has 4 heteroatoms. The minimum absolute atomic E-state index is 0.0883. The summed E-state index contributed by atoms with van der Waals surface area (Å²) in [6, 6.07) is 11.1. The van der Waals surface area contributed by atoms with E-state index >= 15 is 0 Å². The van der Waals surface area contributed by atoms with Crippen molar-refractivity contribution in [2.45, 2.75) is 38.1 Å². The second kappa shape index (κ2) is 6.85. The Morgan fingerprint density at radius 1 is 1.08 bits per heavy atom. The van der Waals surface area contributed by atoms with E-state index in [1.807, 2.05) is 6.07 Å². The van der Waals surface area contributed by atoms with Crippen LogP contribution in [0.4, 0.5) is 0 Å². The number of amides is 1. The largest absolute Gasteiger partial charge is 0.381 e. The number of nitrogens with zero attached hydrogens (tertiary/aromatic N) is 2. The van der Waals surface area contributed by atoms with Crippen molar-refractivity contribution in [3.8, 4) is 0 Å². The van der Waals surface area contributed by atoms with Gasteiger partial charge < -0.3 is 9.64 Å². The molecule has 3 fully saturated rings. The number of ether oxygens (including phenoxy) is 1. The van der Waals surface area contributed by atoms with E-state index < -0.39 is 0 Å². The molecule has 4 rings (SSSR count). The van der Waals surface area contributed by atoms with E-state index in [4.69, 9.17) is 4.74 Å². The Bertz CT molecular complexity index is 570. The minimum Gasteiger partial charge on any atom is -0.381 e. The van der Waals surface area contributed by atoms with Crippen LogP contribution in [0.1, 0.15) is 31.2 Å². The topological polar surface area (TPSA) is 32.8 Å². The van der Waals surface area contributed by atoms with Gasteiger partial charge in [-0.3, -0.25) is 9.69 Å². The summed E-state index contributed by atoms with van der Waals surface area (Å²) >= 11 is 0. The van der Waals surface area contributed by atoms with E-state index in [0.717, 1.165) is 71.5 Å². The van der Waals surface area contributed by atoms with Gasteiger partial charge in [0.2, 0.25) is 5.91 Å². The summed E-state index contributed by atoms with van der Waals surface area (Å²) < 4.78 is 5.49. The molecule has 0 aliphatic carbocycles. The number of hydrogen-bond acceptors (Lipinski definition) is 3. The fourth-order valence-electron chi connectivity index (χ4n) is 4.66. The Kier molecular flexibility index (Phi) is 4.59. The van der Waals surface area contributed by atoms with Gasteiger partial charge in [0.15, 0.2) is 0 Å². The van der Waals surface area contributed by atoms with Gasteiger partial charge in [0, 0.05) is 38.9 Å². The molecule has 130 valence electrons. The van der Waals surface area contributed by atoms with Gasteiger partial charge in [0.1, 0.15) is 0 Å². The highest BCUT2D eigenvalue weighted by atomic mass is 16.5. The van der Waals surface area contributed by atoms with Crippen molar-refractivity contribution >= 4 is 5.91 Å². The molecule has 0 bridgehead atoms. The van der Waals surface area contributed by atoms with Crippen LogP contribution in [0, 0.1) is 5.41 Å². The van der Waals surface area contributed by atoms with Gasteiger partial charge in [-0.1, -0.05) is 30.3 Å². The Morgan fingerprint density at radius 3 is 2.62 bits per heavy atom. The van der Waals surface area contributed by atoms with Gasteiger partial charge in [-0.15, -0.1) is 0 Å². The molecule has 24 heavy (non-hydrogen) atoms. The van der Waals surface area contributed by atoms with Crippen LogP contribution in [0.25, 0.3) is 0 Å². The smallest absolute Gasteiger partial charge is 0.230 e. The molecular formula is C20H28N2O2. The highest BCUT2D eigenvalue weighted by Crippen LogP contribution is 2.42. The van der Waals surface area contributed by atoms with E-state index in [9.17, 15) is 4.79 Å². The van der Waals surface area contributed by atoms with Crippen LogP contribution < -0.4 is 0 Å². The standard InChI is InChI=1S/C20H28N2O2/c23-19-20(10-13-22(16-20)18-7-14-24-15-8-18)9-12-21(19)11-6-17-4-2-1-3-5-17/h1-5,18H,6-16H2. The number of rotatable bonds is 4. The van der Waals surface area contributed by atoms with Gasteiger partial charge in [-0.05, 0) is 44.2 Å². The van der Waals surface area contributed by atoms with E-state index in [1.165, 1.54) is 5.56 Å². The highest BCUT2D eigenvalue weighted by molar-refractivity contribution is 5.85. The molecule has 1 amide bonds. The molecule has 3 heterocycles. The Morgan fingerprint density at radius 2 is 1.83 bits per heavy atom. The normalized spacial score (nSPS) is 29.0. The summed E-state index contributed by atoms with van der Waals surface area (Å²) in [5.41, 5.74) is 1.23. The summed E-state index contributed by atoms with van der Waals surface area (Å²) in [4.78, 5) is 17.7. The minimum atomic E-state index is -0.0883. The first-order chi connectivity index (χ1) is 11.8. The van der Waals surface area contributed by atoms with Crippen LogP contribution in [0.3, 0.4) is 0 Å². The van der Waals surface area contributed by atoms with Crippen molar-refractivity contribution in [3.05, 3.63) is 35.9 Å². The van der Waals surface area contributed by atoms with Crippen molar-refractivity contribution in [1.82, 2.24) is 9.80 Å². The van der Waals surface area contributed by atoms with Gasteiger partial charge in [0.25, 0.3) is 0 Å². The van der Waals surface area contributed by atoms with E-state index in [1.54, 1.807) is 0 Å². The zero-order chi connectivity index (χ0) is 16.4. The fourth-order valence-corrected chi connectivity index (χ4v) is 4.66. The average Bonchev–Trinajstić information content (AvgIpc) is 3.21. The Balaban J connectivity index is 1.35. The van der Waals surface area contributed by atoms with Gasteiger partial charge in [0.05, 0.1) is 5.41 Å². The molecule has 3 aliphatic rings. The average molecular weight is 328 g/mol. The van der Waals surface area contributed by atoms with Crippen LogP contribution in [0.2, 0.25) is 0 Å². The lowest BCUT2D eigenvalue weighted by atomic mass is 9.85. The first-order valence-electron chi connectivity index (χ1n) is 9.42. The maximum atomic E-state index is 13.1. The molecule has 0 radical (unpaired) electrons. The quantitative estimate of drug-likeness (QED) is 0.850. The predicted molar refractivity (Wildman–Crippen MR) is 93.8 cm³/mol. The molecule has 1 aromatic rings. The highest BCUT2D eigenvalue weighted by Gasteiger charge is 2.51. The van der Waals surface area contributed by atoms with Crippen molar-refractivity contribution in [2.75, 3.05) is 39.4 Å². The first-order valence-corrected chi connectivity index (χ1v) is 9.42. The number of carbonyl (C=O) groups excluding carboxylic acids is 1. The molecule has 1 spiro atoms. The van der Waals surface area contributed by atoms with Crippen LogP contribution in [0.15, 0.2) is 30.3 Å². The second-order valence-corrected chi connectivity index (χ2v) is 7.62. The fraction of sp³-hybridized carbons (Fsp3) is 0.650. The van der Waals surface area contributed by atoms with Crippen molar-refractivity contribution < 1.29 is 9.53 Å². The lowest BCUT2D eigenvalue weighted by Gasteiger charge is -2.32. The van der Waals surface area contributed by atoms with E-state index in [0.29, 0.717) is 11.9 Å². The van der Waals surface area contributed by atoms with Crippen LogP contribution in [-0.4, -0.2) is 61.1 Å². The number of likely N-dealkylation sites (tertiary alicyclic amines) is 2. The predicted octanol–water partition coefficient (Wildman–Crippen LogP) is 2.33. The van der Waals surface area contributed by atoms with E-state index in [2.05, 4.69) is 34.1 Å². The van der Waals surface area contributed by atoms with Crippen LogP contribution >= 0.6 is 0 Å². The lowest BCUT2D eigenvalue weighted by molar-refractivity contribution is -0.135. The summed E-state index contributed by atoms with van der Waals surface area (Å²) in [5.74, 6) is 0.410. The van der Waals surface area contributed by atoms with Crippen molar-refractivity contribution in [3.63, 3.8) is 0 Å². The third-order valence-electron chi connectivity index (χ3n) is 6.20. The van der Waals surface area contributed by atoms with Gasteiger partial charge >= 0.3 is 0 Å². The zero-order valence-corrected chi connectivity index (χ0v) is 14.5. The molecule has 3 aliphatic heterocycles. The molecule has 3 saturated heterocycles. The zero-order valence-electron chi connectivity index (χ0n) is 14.5. The Hall–Kier alpha value is -1.39. The second-order valence-electron chi connectivity index (χ2n) is 7.62. The summed E-state index contributed by atoms with van der Waals surface area (Å²) in [6.07, 6.45) is 5.31. The molecule has 1 unspecified atom stereocenters. The number of benzene rings is 1. The third-order valence-corrected chi connectivity index (χ3v) is 6.20. The summed E-state index contributed by atoms with van der Waals surface area (Å²) in [6.45, 7) is 5.62. The van der Waals surface area contributed by atoms with Crippen molar-refractivity contribution in [2.24, 2.45) is 5.41 Å². The maximum Gasteiger partial charge on any atom is 0.230 e. The molecule has 1 aromatic carbocycles. The lowest BCUT2D eigenvalue weighted by Crippen LogP contribution is -2.42. The first kappa shape index (κ1) is 16.1. The molecule has 1 atom stereocenters. The van der Waals surface area contributed by atoms with Gasteiger partial charge in [-0.2, -0.15) is 0 Å². The molecule has 4 nitrogen and oxygen atoms in total. The van der Waals surface area contributed by atoms with Crippen LogP contribution in [0.5, 0.6) is 0 Å². The maximum absolute atomic E-state index is 13.1. The third kappa shape index (κ3) is 3.09. The Labute approximate surface area is 144 Å². The summed E-state index contributed by atoms with van der Waals surface area (Å²) in [7, 11) is 0.